The van der Waals surface area contributed by atoms with Gasteiger partial charge in [0, 0.05) is 112 Å². The third-order valence-corrected chi connectivity index (χ3v) is 11.4. The summed E-state index contributed by atoms with van der Waals surface area (Å²) >= 11 is 0. The van der Waals surface area contributed by atoms with Crippen molar-refractivity contribution in [3.63, 3.8) is 0 Å². The number of benzene rings is 2. The Morgan fingerprint density at radius 1 is 0.792 bits per heavy atom. The number of rotatable bonds is 8. The molecule has 3 saturated heterocycles. The molecule has 3 aliphatic heterocycles. The number of ether oxygens (including phenoxy) is 2. The number of fused-ring (bicyclic) bond motifs is 1. The SMILES string of the molecule is COc1nc(-c2cccc(-c3cccc(-c4cc5c(c(OC)n4)[C@@H](N4CC6(CN(C(C)=O)C6)C4)CC5)c3F)c2F)cnc1CN1CCN(C(C)=O)CC1. The summed E-state index contributed by atoms with van der Waals surface area (Å²) in [5.41, 5.74) is 4.24. The van der Waals surface area contributed by atoms with E-state index in [2.05, 4.69) is 19.8 Å². The molecule has 4 aliphatic rings. The van der Waals surface area contributed by atoms with E-state index in [1.54, 1.807) is 57.4 Å². The molecule has 3 fully saturated rings. The number of hydrogen-bond donors (Lipinski definition) is 0. The second kappa shape index (κ2) is 13.8. The highest BCUT2D eigenvalue weighted by Crippen LogP contribution is 2.50. The van der Waals surface area contributed by atoms with Crippen LogP contribution in [0, 0.1) is 17.0 Å². The van der Waals surface area contributed by atoms with Crippen molar-refractivity contribution in [1.82, 2.24) is 34.6 Å². The summed E-state index contributed by atoms with van der Waals surface area (Å²) in [5, 5.41) is 0. The average molecular weight is 724 g/mol. The number of carbonyl (C=O) groups is 2. The fourth-order valence-electron chi connectivity index (χ4n) is 8.57. The molecular weight excluding hydrogens is 680 g/mol. The van der Waals surface area contributed by atoms with Crippen LogP contribution in [-0.2, 0) is 22.6 Å². The summed E-state index contributed by atoms with van der Waals surface area (Å²) in [6.07, 6.45) is 3.24. The van der Waals surface area contributed by atoms with E-state index in [1.165, 1.54) is 13.3 Å². The van der Waals surface area contributed by atoms with Crippen LogP contribution in [-0.4, -0.2) is 113 Å². The fraction of sp³-hybridized carbons (Fsp3) is 0.425. The summed E-state index contributed by atoms with van der Waals surface area (Å²) in [6.45, 7) is 9.81. The molecule has 4 aromatic rings. The monoisotopic (exact) mass is 723 g/mol. The van der Waals surface area contributed by atoms with Gasteiger partial charge in [0.15, 0.2) is 0 Å². The Morgan fingerprint density at radius 2 is 1.38 bits per heavy atom. The van der Waals surface area contributed by atoms with Crippen LogP contribution >= 0.6 is 0 Å². The van der Waals surface area contributed by atoms with E-state index >= 15 is 8.78 Å². The van der Waals surface area contributed by atoms with Crippen molar-refractivity contribution in [2.45, 2.75) is 39.3 Å². The zero-order chi connectivity index (χ0) is 37.0. The molecule has 0 bridgehead atoms. The Morgan fingerprint density at radius 3 is 1.98 bits per heavy atom. The molecule has 8 rings (SSSR count). The molecule has 2 aromatic carbocycles. The Hall–Kier alpha value is -5.01. The number of piperazine rings is 1. The van der Waals surface area contributed by atoms with Crippen molar-refractivity contribution in [3.05, 3.63) is 77.1 Å². The molecule has 0 unspecified atom stereocenters. The van der Waals surface area contributed by atoms with Crippen LogP contribution in [0.25, 0.3) is 33.6 Å². The Labute approximate surface area is 307 Å². The predicted molar refractivity (Wildman–Crippen MR) is 194 cm³/mol. The maximum Gasteiger partial charge on any atom is 0.237 e. The molecule has 0 radical (unpaired) electrons. The van der Waals surface area contributed by atoms with Gasteiger partial charge in [0.25, 0.3) is 0 Å². The smallest absolute Gasteiger partial charge is 0.237 e. The molecule has 2 amide bonds. The zero-order valence-corrected chi connectivity index (χ0v) is 30.5. The Balaban J connectivity index is 1.04. The van der Waals surface area contributed by atoms with Crippen LogP contribution in [0.1, 0.15) is 43.1 Å². The molecule has 276 valence electrons. The number of likely N-dealkylation sites (tertiary alicyclic amines) is 2. The molecule has 13 heteroatoms. The highest BCUT2D eigenvalue weighted by Gasteiger charge is 2.55. The van der Waals surface area contributed by atoms with Gasteiger partial charge in [-0.25, -0.2) is 18.7 Å². The molecule has 0 saturated carbocycles. The Kier molecular flexibility index (Phi) is 9.10. The number of amides is 2. The van der Waals surface area contributed by atoms with Crippen molar-refractivity contribution in [2.75, 3.05) is 66.6 Å². The van der Waals surface area contributed by atoms with Crippen LogP contribution in [0.3, 0.4) is 0 Å². The fourth-order valence-corrected chi connectivity index (χ4v) is 8.57. The van der Waals surface area contributed by atoms with Crippen molar-refractivity contribution >= 4 is 11.8 Å². The van der Waals surface area contributed by atoms with Crippen molar-refractivity contribution in [3.8, 4) is 45.4 Å². The first-order chi connectivity index (χ1) is 25.6. The third kappa shape index (κ3) is 6.29. The van der Waals surface area contributed by atoms with E-state index in [4.69, 9.17) is 14.5 Å². The molecule has 1 atom stereocenters. The molecular formula is C40H43F2N7O4. The van der Waals surface area contributed by atoms with E-state index in [0.29, 0.717) is 50.0 Å². The molecule has 1 aliphatic carbocycles. The lowest BCUT2D eigenvalue weighted by Crippen LogP contribution is -2.72. The van der Waals surface area contributed by atoms with Gasteiger partial charge in [-0.15, -0.1) is 0 Å². The van der Waals surface area contributed by atoms with E-state index < -0.39 is 11.6 Å². The van der Waals surface area contributed by atoms with Crippen molar-refractivity contribution < 1.29 is 27.8 Å². The standard InChI is InChI=1S/C40H43F2N7O4/c1-24(50)47-15-13-46(14-16-47)19-33-38(52-3)45-32(18-43-33)30-10-6-8-28(37(30)42)27-7-5-9-29(36(27)41)31-17-26-11-12-34(35(26)39(44-31)53-4)49-22-40(23-49)20-48(21-40)25(2)51/h5-10,17-18,34H,11-16,19-23H2,1-4H3/t34-/m0/s1. The minimum atomic E-state index is -0.624. The number of carbonyl (C=O) groups excluding carboxylic acids is 2. The van der Waals surface area contributed by atoms with Gasteiger partial charge in [-0.3, -0.25) is 24.4 Å². The van der Waals surface area contributed by atoms with E-state index in [1.807, 2.05) is 15.9 Å². The quantitative estimate of drug-likeness (QED) is 0.249. The summed E-state index contributed by atoms with van der Waals surface area (Å²) in [6, 6.07) is 11.9. The van der Waals surface area contributed by atoms with E-state index in [-0.39, 0.29) is 57.1 Å². The van der Waals surface area contributed by atoms with E-state index in [0.717, 1.165) is 50.1 Å². The molecule has 1 spiro atoms. The number of nitrogens with zero attached hydrogens (tertiary/aromatic N) is 7. The third-order valence-electron chi connectivity index (χ3n) is 11.4. The summed E-state index contributed by atoms with van der Waals surface area (Å²) in [5.74, 6) is -0.260. The van der Waals surface area contributed by atoms with Gasteiger partial charge >= 0.3 is 0 Å². The number of aromatic nitrogens is 3. The topological polar surface area (TPSA) is 104 Å². The van der Waals surface area contributed by atoms with Gasteiger partial charge in [-0.05, 0) is 36.6 Å². The van der Waals surface area contributed by atoms with Gasteiger partial charge in [-0.2, -0.15) is 0 Å². The molecule has 2 aromatic heterocycles. The second-order valence-electron chi connectivity index (χ2n) is 14.8. The number of aryl methyl sites for hydroxylation is 1. The summed E-state index contributed by atoms with van der Waals surface area (Å²) < 4.78 is 44.3. The average Bonchev–Trinajstić information content (AvgIpc) is 3.54. The highest BCUT2D eigenvalue weighted by atomic mass is 19.1. The first-order valence-corrected chi connectivity index (χ1v) is 18.1. The molecule has 11 nitrogen and oxygen atoms in total. The first-order valence-electron chi connectivity index (χ1n) is 18.1. The number of hydrogen-bond acceptors (Lipinski definition) is 9. The molecule has 0 N–H and O–H groups in total. The lowest BCUT2D eigenvalue weighted by atomic mass is 9.72. The normalized spacial score (nSPS) is 19.5. The van der Waals surface area contributed by atoms with Gasteiger partial charge in [-0.1, -0.05) is 24.3 Å². The molecule has 5 heterocycles. The van der Waals surface area contributed by atoms with Crippen LogP contribution in [0.15, 0.2) is 48.7 Å². The highest BCUT2D eigenvalue weighted by molar-refractivity contribution is 5.78. The lowest BCUT2D eigenvalue weighted by Gasteiger charge is -2.61. The largest absolute Gasteiger partial charge is 0.481 e. The van der Waals surface area contributed by atoms with Crippen molar-refractivity contribution in [2.24, 2.45) is 5.41 Å². The minimum absolute atomic E-state index is 0.0609. The lowest BCUT2D eigenvalue weighted by molar-refractivity contribution is -0.161. The van der Waals surface area contributed by atoms with Gasteiger partial charge < -0.3 is 19.3 Å². The molecule has 53 heavy (non-hydrogen) atoms. The summed E-state index contributed by atoms with van der Waals surface area (Å²) in [4.78, 5) is 45.8. The van der Waals surface area contributed by atoms with Crippen LogP contribution in [0.2, 0.25) is 0 Å². The zero-order valence-electron chi connectivity index (χ0n) is 30.5. The maximum absolute atomic E-state index is 16.5. The predicted octanol–water partition coefficient (Wildman–Crippen LogP) is 4.98. The van der Waals surface area contributed by atoms with E-state index in [9.17, 15) is 9.59 Å². The maximum atomic E-state index is 16.5. The van der Waals surface area contributed by atoms with Crippen molar-refractivity contribution in [1.29, 1.82) is 0 Å². The minimum Gasteiger partial charge on any atom is -0.481 e. The number of pyridine rings is 1. The van der Waals surface area contributed by atoms with Crippen LogP contribution in [0.4, 0.5) is 8.78 Å². The van der Waals surface area contributed by atoms with Gasteiger partial charge in [0.2, 0.25) is 23.6 Å². The summed E-state index contributed by atoms with van der Waals surface area (Å²) in [7, 11) is 3.09. The van der Waals surface area contributed by atoms with Crippen LogP contribution in [0.5, 0.6) is 11.8 Å². The Bertz CT molecular complexity index is 2090. The van der Waals surface area contributed by atoms with Crippen LogP contribution < -0.4 is 9.47 Å². The number of halogens is 2. The second-order valence-corrected chi connectivity index (χ2v) is 14.8. The number of methoxy groups -OCH3 is 2. The van der Waals surface area contributed by atoms with Gasteiger partial charge in [0.1, 0.15) is 17.3 Å². The van der Waals surface area contributed by atoms with Gasteiger partial charge in [0.05, 0.1) is 31.8 Å². The first kappa shape index (κ1) is 35.0.